The Balaban J connectivity index is 1.85. The van der Waals surface area contributed by atoms with Gasteiger partial charge in [-0.3, -0.25) is 10.1 Å². The summed E-state index contributed by atoms with van der Waals surface area (Å²) >= 11 is 1.67. The van der Waals surface area contributed by atoms with Gasteiger partial charge in [0.15, 0.2) is 0 Å². The molecule has 0 aliphatic carbocycles. The molecule has 0 N–H and O–H groups in total. The summed E-state index contributed by atoms with van der Waals surface area (Å²) in [5.74, 6) is 2.49. The molecule has 0 aliphatic heterocycles. The van der Waals surface area contributed by atoms with Crippen molar-refractivity contribution in [1.29, 1.82) is 0 Å². The van der Waals surface area contributed by atoms with Gasteiger partial charge in [0.1, 0.15) is 5.76 Å². The molecule has 0 aliphatic rings. The number of nitro groups is 1. The van der Waals surface area contributed by atoms with Crippen LogP contribution in [0.3, 0.4) is 0 Å². The molecule has 1 heterocycles. The van der Waals surface area contributed by atoms with Crippen LogP contribution in [0.2, 0.25) is 0 Å². The van der Waals surface area contributed by atoms with Gasteiger partial charge in [-0.25, -0.2) is 0 Å². The lowest BCUT2D eigenvalue weighted by Crippen LogP contribution is -1.94. The molecule has 18 heavy (non-hydrogen) atoms. The summed E-state index contributed by atoms with van der Waals surface area (Å²) in [6.07, 6.45) is 2.50. The highest BCUT2D eigenvalue weighted by Gasteiger charge is 2.11. The molecule has 0 bridgehead atoms. The van der Waals surface area contributed by atoms with Crippen LogP contribution in [0.15, 0.2) is 47.1 Å². The molecule has 1 aromatic carbocycles. The number of rotatable bonds is 6. The first kappa shape index (κ1) is 12.7. The number of hydrogen-bond acceptors (Lipinski definition) is 4. The normalized spacial score (nSPS) is 10.4. The lowest BCUT2D eigenvalue weighted by Gasteiger charge is -2.02. The van der Waals surface area contributed by atoms with Crippen molar-refractivity contribution in [1.82, 2.24) is 0 Å². The van der Waals surface area contributed by atoms with Crippen molar-refractivity contribution in [2.45, 2.75) is 12.2 Å². The number of nitrogens with zero attached hydrogens (tertiary/aromatic N) is 1. The number of hydrogen-bond donors (Lipinski definition) is 0. The summed E-state index contributed by atoms with van der Waals surface area (Å²) in [7, 11) is 0. The zero-order valence-electron chi connectivity index (χ0n) is 9.74. The van der Waals surface area contributed by atoms with E-state index in [4.69, 9.17) is 4.42 Å². The standard InChI is InChI=1S/C13H13NO3S/c15-14(16)13-6-2-1-4-11(13)10-18-9-7-12-5-3-8-17-12/h1-6,8H,7,9-10H2. The summed E-state index contributed by atoms with van der Waals surface area (Å²) in [6, 6.07) is 10.7. The Bertz CT molecular complexity index is 511. The predicted molar refractivity (Wildman–Crippen MR) is 71.7 cm³/mol. The topological polar surface area (TPSA) is 56.3 Å². The van der Waals surface area contributed by atoms with E-state index in [1.54, 1.807) is 36.2 Å². The first-order valence-electron chi connectivity index (χ1n) is 5.60. The second kappa shape index (κ2) is 6.26. The molecule has 0 atom stereocenters. The minimum Gasteiger partial charge on any atom is -0.469 e. The Kier molecular flexibility index (Phi) is 4.41. The number of benzene rings is 1. The molecule has 0 saturated heterocycles. The van der Waals surface area contributed by atoms with E-state index in [1.165, 1.54) is 0 Å². The van der Waals surface area contributed by atoms with E-state index < -0.39 is 0 Å². The van der Waals surface area contributed by atoms with E-state index in [1.807, 2.05) is 18.2 Å². The average molecular weight is 263 g/mol. The first-order valence-corrected chi connectivity index (χ1v) is 6.75. The molecule has 94 valence electrons. The number of para-hydroxylation sites is 1. The van der Waals surface area contributed by atoms with Crippen LogP contribution in [0, 0.1) is 10.1 Å². The maximum atomic E-state index is 10.8. The van der Waals surface area contributed by atoms with Gasteiger partial charge in [0.05, 0.1) is 11.2 Å². The fraction of sp³-hybridized carbons (Fsp3) is 0.231. The molecule has 0 spiro atoms. The Morgan fingerprint density at radius 3 is 2.78 bits per heavy atom. The van der Waals surface area contributed by atoms with Crippen LogP contribution < -0.4 is 0 Å². The van der Waals surface area contributed by atoms with Crippen LogP contribution in [0.4, 0.5) is 5.69 Å². The van der Waals surface area contributed by atoms with Crippen LogP contribution >= 0.6 is 11.8 Å². The molecule has 0 unspecified atom stereocenters. The molecule has 2 aromatic rings. The lowest BCUT2D eigenvalue weighted by molar-refractivity contribution is -0.385. The molecule has 0 amide bonds. The van der Waals surface area contributed by atoms with E-state index in [-0.39, 0.29) is 10.6 Å². The number of furan rings is 1. The summed E-state index contributed by atoms with van der Waals surface area (Å²) in [5, 5.41) is 10.8. The van der Waals surface area contributed by atoms with Crippen molar-refractivity contribution < 1.29 is 9.34 Å². The molecular formula is C13H13NO3S. The van der Waals surface area contributed by atoms with Gasteiger partial charge in [0.25, 0.3) is 5.69 Å². The first-order chi connectivity index (χ1) is 8.77. The highest BCUT2D eigenvalue weighted by atomic mass is 32.2. The van der Waals surface area contributed by atoms with Crippen LogP contribution in [0.5, 0.6) is 0 Å². The third-order valence-corrected chi connectivity index (χ3v) is 3.53. The van der Waals surface area contributed by atoms with E-state index in [0.29, 0.717) is 5.75 Å². The predicted octanol–water partition coefficient (Wildman–Crippen LogP) is 3.66. The maximum absolute atomic E-state index is 10.8. The number of thioether (sulfide) groups is 1. The van der Waals surface area contributed by atoms with Gasteiger partial charge in [-0.15, -0.1) is 0 Å². The summed E-state index contributed by atoms with van der Waals surface area (Å²) in [5.41, 5.74) is 0.968. The molecular weight excluding hydrogens is 250 g/mol. The molecule has 0 radical (unpaired) electrons. The second-order valence-electron chi connectivity index (χ2n) is 3.77. The SMILES string of the molecule is O=[N+]([O-])c1ccccc1CSCCc1ccco1. The van der Waals surface area contributed by atoms with Crippen LogP contribution in [0.25, 0.3) is 0 Å². The number of aryl methyl sites for hydroxylation is 1. The Morgan fingerprint density at radius 2 is 2.06 bits per heavy atom. The fourth-order valence-electron chi connectivity index (χ4n) is 1.62. The highest BCUT2D eigenvalue weighted by Crippen LogP contribution is 2.23. The number of nitro benzene ring substituents is 1. The third kappa shape index (κ3) is 3.37. The van der Waals surface area contributed by atoms with Gasteiger partial charge in [-0.1, -0.05) is 18.2 Å². The van der Waals surface area contributed by atoms with Crippen molar-refractivity contribution in [2.75, 3.05) is 5.75 Å². The van der Waals surface area contributed by atoms with E-state index >= 15 is 0 Å². The van der Waals surface area contributed by atoms with Gasteiger partial charge >= 0.3 is 0 Å². The molecule has 0 saturated carbocycles. The highest BCUT2D eigenvalue weighted by molar-refractivity contribution is 7.98. The Labute approximate surface area is 109 Å². The molecule has 2 rings (SSSR count). The zero-order chi connectivity index (χ0) is 12.8. The van der Waals surface area contributed by atoms with Crippen molar-refractivity contribution in [2.24, 2.45) is 0 Å². The van der Waals surface area contributed by atoms with Gasteiger partial charge in [0, 0.05) is 29.6 Å². The van der Waals surface area contributed by atoms with Gasteiger partial charge in [-0.2, -0.15) is 11.8 Å². The van der Waals surface area contributed by atoms with Crippen LogP contribution in [-0.2, 0) is 12.2 Å². The zero-order valence-corrected chi connectivity index (χ0v) is 10.6. The van der Waals surface area contributed by atoms with E-state index in [0.717, 1.165) is 23.5 Å². The Hall–Kier alpha value is -1.75. The minimum absolute atomic E-state index is 0.197. The summed E-state index contributed by atoms with van der Waals surface area (Å²) in [6.45, 7) is 0. The summed E-state index contributed by atoms with van der Waals surface area (Å²) in [4.78, 5) is 10.5. The molecule has 0 fully saturated rings. The molecule has 4 nitrogen and oxygen atoms in total. The third-order valence-electron chi connectivity index (χ3n) is 2.52. The van der Waals surface area contributed by atoms with Crippen molar-refractivity contribution in [3.63, 3.8) is 0 Å². The quantitative estimate of drug-likeness (QED) is 0.453. The van der Waals surface area contributed by atoms with Gasteiger partial charge in [0.2, 0.25) is 0 Å². The molecule has 5 heteroatoms. The fourth-order valence-corrected chi connectivity index (χ4v) is 2.57. The largest absolute Gasteiger partial charge is 0.469 e. The van der Waals surface area contributed by atoms with E-state index in [9.17, 15) is 10.1 Å². The minimum atomic E-state index is -0.331. The summed E-state index contributed by atoms with van der Waals surface area (Å²) < 4.78 is 5.23. The average Bonchev–Trinajstić information content (AvgIpc) is 2.88. The van der Waals surface area contributed by atoms with Crippen molar-refractivity contribution in [3.05, 3.63) is 64.1 Å². The lowest BCUT2D eigenvalue weighted by atomic mass is 10.2. The second-order valence-corrected chi connectivity index (χ2v) is 4.87. The van der Waals surface area contributed by atoms with Crippen LogP contribution in [-0.4, -0.2) is 10.7 Å². The van der Waals surface area contributed by atoms with Gasteiger partial charge < -0.3 is 4.42 Å². The monoisotopic (exact) mass is 263 g/mol. The maximum Gasteiger partial charge on any atom is 0.273 e. The van der Waals surface area contributed by atoms with E-state index in [2.05, 4.69) is 0 Å². The van der Waals surface area contributed by atoms with Crippen LogP contribution in [0.1, 0.15) is 11.3 Å². The Morgan fingerprint density at radius 1 is 1.22 bits per heavy atom. The van der Waals surface area contributed by atoms with Crippen molar-refractivity contribution in [3.8, 4) is 0 Å². The molecule has 1 aromatic heterocycles. The smallest absolute Gasteiger partial charge is 0.273 e. The van der Waals surface area contributed by atoms with Crippen molar-refractivity contribution >= 4 is 17.4 Å². The van der Waals surface area contributed by atoms with Gasteiger partial charge in [-0.05, 0) is 12.1 Å².